The largest absolute Gasteiger partial charge is 0.384 e. The van der Waals surface area contributed by atoms with Crippen LogP contribution in [0.1, 0.15) is 19.8 Å². The van der Waals surface area contributed by atoms with Gasteiger partial charge in [-0.3, -0.25) is 4.98 Å². The Hall–Kier alpha value is -1.14. The minimum atomic E-state index is -3.39. The zero-order valence-electron chi connectivity index (χ0n) is 9.10. The molecule has 0 aromatic carbocycles. The molecule has 1 saturated carbocycles. The lowest BCUT2D eigenvalue weighted by Crippen LogP contribution is -2.25. The van der Waals surface area contributed by atoms with Crippen molar-refractivity contribution in [1.82, 2.24) is 9.71 Å². The fraction of sp³-hybridized carbons (Fsp3) is 0.500. The highest BCUT2D eigenvalue weighted by Crippen LogP contribution is 2.22. The predicted molar refractivity (Wildman–Crippen MR) is 61.7 cm³/mol. The molecule has 1 aromatic heterocycles. The number of hydrogen-bond acceptors (Lipinski definition) is 4. The van der Waals surface area contributed by atoms with Gasteiger partial charge in [0.05, 0.1) is 11.9 Å². The first-order valence-corrected chi connectivity index (χ1v) is 6.81. The summed E-state index contributed by atoms with van der Waals surface area (Å²) in [4.78, 5) is 4.14. The van der Waals surface area contributed by atoms with E-state index < -0.39 is 10.0 Å². The van der Waals surface area contributed by atoms with E-state index >= 15 is 0 Å². The molecule has 0 unspecified atom stereocenters. The zero-order valence-corrected chi connectivity index (χ0v) is 9.92. The Balaban J connectivity index is 2.21. The SMILES string of the molecule is CCNc1cncc(S(=O)(=O)NC2CC2)c1. The van der Waals surface area contributed by atoms with Gasteiger partial charge in [-0.05, 0) is 25.8 Å². The molecule has 1 aliphatic carbocycles. The van der Waals surface area contributed by atoms with Crippen molar-refractivity contribution in [2.45, 2.75) is 30.7 Å². The summed E-state index contributed by atoms with van der Waals surface area (Å²) in [5.74, 6) is 0. The van der Waals surface area contributed by atoms with Crippen LogP contribution in [0.15, 0.2) is 23.4 Å². The van der Waals surface area contributed by atoms with Crippen molar-refractivity contribution in [2.24, 2.45) is 0 Å². The Labute approximate surface area is 95.3 Å². The second-order valence-corrected chi connectivity index (χ2v) is 5.55. The number of sulfonamides is 1. The Bertz CT molecular complexity index is 469. The van der Waals surface area contributed by atoms with E-state index in [-0.39, 0.29) is 10.9 Å². The zero-order chi connectivity index (χ0) is 11.6. The quantitative estimate of drug-likeness (QED) is 0.805. The lowest BCUT2D eigenvalue weighted by atomic mass is 10.4. The van der Waals surface area contributed by atoms with Crippen molar-refractivity contribution >= 4 is 15.7 Å². The number of pyridine rings is 1. The number of nitrogens with zero attached hydrogens (tertiary/aromatic N) is 1. The van der Waals surface area contributed by atoms with Gasteiger partial charge in [-0.1, -0.05) is 0 Å². The van der Waals surface area contributed by atoms with Crippen LogP contribution in [0.25, 0.3) is 0 Å². The van der Waals surface area contributed by atoms with Crippen LogP contribution in [0.5, 0.6) is 0 Å². The summed E-state index contributed by atoms with van der Waals surface area (Å²) in [6.45, 7) is 2.69. The Morgan fingerprint density at radius 1 is 1.44 bits per heavy atom. The molecule has 1 fully saturated rings. The molecule has 1 aliphatic rings. The topological polar surface area (TPSA) is 71.1 Å². The van der Waals surface area contributed by atoms with E-state index in [0.29, 0.717) is 0 Å². The molecule has 0 saturated heterocycles. The summed E-state index contributed by atoms with van der Waals surface area (Å²) in [7, 11) is -3.39. The number of anilines is 1. The third-order valence-corrected chi connectivity index (χ3v) is 3.79. The first-order chi connectivity index (χ1) is 7.62. The van der Waals surface area contributed by atoms with E-state index in [1.807, 2.05) is 6.92 Å². The molecule has 5 nitrogen and oxygen atoms in total. The summed E-state index contributed by atoms with van der Waals surface area (Å²) in [5, 5.41) is 3.03. The Morgan fingerprint density at radius 3 is 2.81 bits per heavy atom. The standard InChI is InChI=1S/C10H15N3O2S/c1-2-12-9-5-10(7-11-6-9)16(14,15)13-8-3-4-8/h5-8,12-13H,2-4H2,1H3. The Morgan fingerprint density at radius 2 is 2.19 bits per heavy atom. The van der Waals surface area contributed by atoms with Gasteiger partial charge < -0.3 is 5.32 Å². The van der Waals surface area contributed by atoms with Gasteiger partial charge in [-0.25, -0.2) is 13.1 Å². The first-order valence-electron chi connectivity index (χ1n) is 5.33. The maximum atomic E-state index is 11.9. The van der Waals surface area contributed by atoms with E-state index in [0.717, 1.165) is 25.1 Å². The van der Waals surface area contributed by atoms with Gasteiger partial charge in [-0.15, -0.1) is 0 Å². The summed E-state index contributed by atoms with van der Waals surface area (Å²) in [5.41, 5.74) is 0.723. The van der Waals surface area contributed by atoms with Crippen LogP contribution in [0.4, 0.5) is 5.69 Å². The molecule has 1 heterocycles. The van der Waals surface area contributed by atoms with Gasteiger partial charge in [0.2, 0.25) is 10.0 Å². The van der Waals surface area contributed by atoms with E-state index in [4.69, 9.17) is 0 Å². The molecule has 0 atom stereocenters. The summed E-state index contributed by atoms with van der Waals surface area (Å²) in [6.07, 6.45) is 4.84. The number of nitrogens with one attached hydrogen (secondary N) is 2. The van der Waals surface area contributed by atoms with Crippen LogP contribution >= 0.6 is 0 Å². The highest BCUT2D eigenvalue weighted by molar-refractivity contribution is 7.89. The fourth-order valence-electron chi connectivity index (χ4n) is 1.36. The second-order valence-electron chi connectivity index (χ2n) is 3.84. The summed E-state index contributed by atoms with van der Waals surface area (Å²) >= 11 is 0. The molecular weight excluding hydrogens is 226 g/mol. The van der Waals surface area contributed by atoms with Crippen LogP contribution in [0, 0.1) is 0 Å². The average molecular weight is 241 g/mol. The van der Waals surface area contributed by atoms with E-state index in [2.05, 4.69) is 15.0 Å². The third-order valence-electron chi connectivity index (χ3n) is 2.30. The monoisotopic (exact) mass is 241 g/mol. The minimum absolute atomic E-state index is 0.118. The van der Waals surface area contributed by atoms with Crippen molar-refractivity contribution in [3.05, 3.63) is 18.5 Å². The number of rotatable bonds is 5. The lowest BCUT2D eigenvalue weighted by Gasteiger charge is -2.07. The fourth-order valence-corrected chi connectivity index (χ4v) is 2.65. The molecule has 1 aromatic rings. The highest BCUT2D eigenvalue weighted by atomic mass is 32.2. The molecule has 6 heteroatoms. The van der Waals surface area contributed by atoms with Gasteiger partial charge >= 0.3 is 0 Å². The van der Waals surface area contributed by atoms with Crippen LogP contribution in [-0.2, 0) is 10.0 Å². The first kappa shape index (κ1) is 11.3. The predicted octanol–water partition coefficient (Wildman–Crippen LogP) is 0.954. The van der Waals surface area contributed by atoms with Crippen LogP contribution in [0.2, 0.25) is 0 Å². The van der Waals surface area contributed by atoms with Gasteiger partial charge in [0, 0.05) is 18.8 Å². The van der Waals surface area contributed by atoms with Crippen molar-refractivity contribution in [2.75, 3.05) is 11.9 Å². The van der Waals surface area contributed by atoms with Crippen molar-refractivity contribution in [1.29, 1.82) is 0 Å². The van der Waals surface area contributed by atoms with E-state index in [1.54, 1.807) is 12.3 Å². The Kier molecular flexibility index (Phi) is 3.11. The van der Waals surface area contributed by atoms with E-state index in [1.165, 1.54) is 6.20 Å². The van der Waals surface area contributed by atoms with Gasteiger partial charge in [0.15, 0.2) is 0 Å². The third kappa shape index (κ3) is 2.70. The molecule has 0 amide bonds. The second kappa shape index (κ2) is 4.39. The van der Waals surface area contributed by atoms with Crippen molar-refractivity contribution in [3.8, 4) is 0 Å². The molecule has 2 N–H and O–H groups in total. The molecule has 88 valence electrons. The molecule has 0 bridgehead atoms. The maximum absolute atomic E-state index is 11.9. The van der Waals surface area contributed by atoms with Crippen LogP contribution < -0.4 is 10.0 Å². The number of aromatic nitrogens is 1. The van der Waals surface area contributed by atoms with Gasteiger partial charge in [-0.2, -0.15) is 0 Å². The van der Waals surface area contributed by atoms with Crippen molar-refractivity contribution < 1.29 is 8.42 Å². The average Bonchev–Trinajstić information content (AvgIpc) is 3.02. The summed E-state index contributed by atoms with van der Waals surface area (Å²) < 4.78 is 26.3. The molecule has 0 spiro atoms. The molecule has 0 aliphatic heterocycles. The van der Waals surface area contributed by atoms with Crippen LogP contribution in [-0.4, -0.2) is 26.0 Å². The van der Waals surface area contributed by atoms with Gasteiger partial charge in [0.1, 0.15) is 4.90 Å². The van der Waals surface area contributed by atoms with Crippen LogP contribution in [0.3, 0.4) is 0 Å². The van der Waals surface area contributed by atoms with Gasteiger partial charge in [0.25, 0.3) is 0 Å². The number of hydrogen-bond donors (Lipinski definition) is 2. The molecule has 0 radical (unpaired) electrons. The minimum Gasteiger partial charge on any atom is -0.384 e. The van der Waals surface area contributed by atoms with Crippen molar-refractivity contribution in [3.63, 3.8) is 0 Å². The molecule has 16 heavy (non-hydrogen) atoms. The van der Waals surface area contributed by atoms with E-state index in [9.17, 15) is 8.42 Å². The summed E-state index contributed by atoms with van der Waals surface area (Å²) in [6, 6.07) is 1.72. The molecule has 2 rings (SSSR count). The highest BCUT2D eigenvalue weighted by Gasteiger charge is 2.28. The smallest absolute Gasteiger partial charge is 0.242 e. The lowest BCUT2D eigenvalue weighted by molar-refractivity contribution is 0.580. The normalized spacial score (nSPS) is 16.1. The maximum Gasteiger partial charge on any atom is 0.242 e. The molecular formula is C10H15N3O2S.